The lowest BCUT2D eigenvalue weighted by atomic mass is 9.82. The minimum Gasteiger partial charge on any atom is -0.341 e. The summed E-state index contributed by atoms with van der Waals surface area (Å²) in [4.78, 5) is 14.3. The van der Waals surface area contributed by atoms with Crippen LogP contribution in [0.25, 0.3) is 0 Å². The highest BCUT2D eigenvalue weighted by Crippen LogP contribution is 2.28. The van der Waals surface area contributed by atoms with E-state index < -0.39 is 0 Å². The molecular formula is C13H27ClN2O. The second-order valence-corrected chi connectivity index (χ2v) is 6.14. The van der Waals surface area contributed by atoms with Gasteiger partial charge in [-0.25, -0.2) is 0 Å². The number of likely N-dealkylation sites (tertiary alicyclic amines) is 1. The van der Waals surface area contributed by atoms with E-state index in [1.54, 1.807) is 0 Å². The van der Waals surface area contributed by atoms with Crippen molar-refractivity contribution in [1.82, 2.24) is 4.90 Å². The maximum atomic E-state index is 12.4. The standard InChI is InChI=1S/C13H26N2O.ClH/c1-10(2)8-13(3,4)12(16)15-7-5-6-11(14)9-15;/h10-11H,5-9,14H2,1-4H3;1H. The summed E-state index contributed by atoms with van der Waals surface area (Å²) in [5.74, 6) is 0.828. The zero-order valence-corrected chi connectivity index (χ0v) is 12.3. The van der Waals surface area contributed by atoms with Gasteiger partial charge in [0.25, 0.3) is 0 Å². The largest absolute Gasteiger partial charge is 0.341 e. The van der Waals surface area contributed by atoms with Crippen LogP contribution >= 0.6 is 12.4 Å². The van der Waals surface area contributed by atoms with Crippen molar-refractivity contribution in [1.29, 1.82) is 0 Å². The fourth-order valence-electron chi connectivity index (χ4n) is 2.73. The molecule has 0 bridgehead atoms. The molecule has 2 N–H and O–H groups in total. The van der Waals surface area contributed by atoms with Gasteiger partial charge in [0.2, 0.25) is 5.91 Å². The number of rotatable bonds is 3. The number of carbonyl (C=O) groups excluding carboxylic acids is 1. The first-order valence-electron chi connectivity index (χ1n) is 6.38. The van der Waals surface area contributed by atoms with Crippen molar-refractivity contribution >= 4 is 18.3 Å². The number of amides is 1. The lowest BCUT2D eigenvalue weighted by Crippen LogP contribution is -2.50. The fourth-order valence-corrected chi connectivity index (χ4v) is 2.73. The normalized spacial score (nSPS) is 21.3. The van der Waals surface area contributed by atoms with Gasteiger partial charge in [-0.1, -0.05) is 27.7 Å². The molecule has 0 aromatic heterocycles. The van der Waals surface area contributed by atoms with E-state index in [1.165, 1.54) is 0 Å². The van der Waals surface area contributed by atoms with E-state index in [9.17, 15) is 4.79 Å². The highest BCUT2D eigenvalue weighted by atomic mass is 35.5. The van der Waals surface area contributed by atoms with Crippen LogP contribution in [0.2, 0.25) is 0 Å². The maximum Gasteiger partial charge on any atom is 0.228 e. The molecule has 0 aromatic carbocycles. The summed E-state index contributed by atoms with van der Waals surface area (Å²) in [6.45, 7) is 10.0. The Morgan fingerprint density at radius 2 is 2.06 bits per heavy atom. The third-order valence-electron chi connectivity index (χ3n) is 3.24. The number of carbonyl (C=O) groups is 1. The zero-order chi connectivity index (χ0) is 12.3. The van der Waals surface area contributed by atoms with E-state index in [1.807, 2.05) is 4.90 Å². The van der Waals surface area contributed by atoms with Crippen molar-refractivity contribution < 1.29 is 4.79 Å². The van der Waals surface area contributed by atoms with Crippen molar-refractivity contribution in [2.45, 2.75) is 53.0 Å². The molecule has 1 atom stereocenters. The van der Waals surface area contributed by atoms with E-state index in [-0.39, 0.29) is 29.8 Å². The minimum atomic E-state index is -0.245. The van der Waals surface area contributed by atoms with Crippen LogP contribution in [0.3, 0.4) is 0 Å². The summed E-state index contributed by atoms with van der Waals surface area (Å²) in [5, 5.41) is 0. The summed E-state index contributed by atoms with van der Waals surface area (Å²) in [5.41, 5.74) is 5.67. The van der Waals surface area contributed by atoms with Gasteiger partial charge in [0.05, 0.1) is 0 Å². The van der Waals surface area contributed by atoms with Gasteiger partial charge in [-0.2, -0.15) is 0 Å². The molecule has 1 amide bonds. The number of piperidine rings is 1. The van der Waals surface area contributed by atoms with Crippen LogP contribution in [-0.4, -0.2) is 29.9 Å². The molecule has 1 heterocycles. The molecule has 3 nitrogen and oxygen atoms in total. The summed E-state index contributed by atoms with van der Waals surface area (Å²) in [6.07, 6.45) is 3.04. The average molecular weight is 263 g/mol. The quantitative estimate of drug-likeness (QED) is 0.849. The average Bonchev–Trinajstić information content (AvgIpc) is 2.14. The Morgan fingerprint density at radius 1 is 1.47 bits per heavy atom. The molecule has 1 fully saturated rings. The topological polar surface area (TPSA) is 46.3 Å². The van der Waals surface area contributed by atoms with Gasteiger partial charge in [0.1, 0.15) is 0 Å². The molecule has 1 aliphatic heterocycles. The van der Waals surface area contributed by atoms with Gasteiger partial charge in [-0.3, -0.25) is 4.79 Å². The lowest BCUT2D eigenvalue weighted by molar-refractivity contribution is -0.142. The van der Waals surface area contributed by atoms with E-state index in [0.29, 0.717) is 5.92 Å². The second kappa shape index (κ2) is 6.60. The molecule has 4 heteroatoms. The van der Waals surface area contributed by atoms with Gasteiger partial charge in [0.15, 0.2) is 0 Å². The predicted octanol–water partition coefficient (Wildman–Crippen LogP) is 2.43. The predicted molar refractivity (Wildman–Crippen MR) is 74.3 cm³/mol. The fraction of sp³-hybridized carbons (Fsp3) is 0.923. The van der Waals surface area contributed by atoms with E-state index in [0.717, 1.165) is 32.4 Å². The Morgan fingerprint density at radius 3 is 2.53 bits per heavy atom. The maximum absolute atomic E-state index is 12.4. The molecule has 0 saturated carbocycles. The monoisotopic (exact) mass is 262 g/mol. The van der Waals surface area contributed by atoms with Crippen LogP contribution in [0.5, 0.6) is 0 Å². The Bertz CT molecular complexity index is 254. The van der Waals surface area contributed by atoms with E-state index >= 15 is 0 Å². The number of hydrogen-bond donors (Lipinski definition) is 1. The highest BCUT2D eigenvalue weighted by molar-refractivity contribution is 5.85. The minimum absolute atomic E-state index is 0. The van der Waals surface area contributed by atoms with E-state index in [4.69, 9.17) is 5.73 Å². The van der Waals surface area contributed by atoms with Crippen molar-refractivity contribution in [2.75, 3.05) is 13.1 Å². The van der Waals surface area contributed by atoms with Crippen molar-refractivity contribution in [3.05, 3.63) is 0 Å². The Kier molecular flexibility index (Phi) is 6.49. The second-order valence-electron chi connectivity index (χ2n) is 6.14. The van der Waals surface area contributed by atoms with Crippen LogP contribution in [0.4, 0.5) is 0 Å². The molecule has 17 heavy (non-hydrogen) atoms. The third kappa shape index (κ3) is 4.84. The first kappa shape index (κ1) is 16.7. The molecular weight excluding hydrogens is 236 g/mol. The summed E-state index contributed by atoms with van der Waals surface area (Å²) < 4.78 is 0. The SMILES string of the molecule is CC(C)CC(C)(C)C(=O)N1CCCC(N)C1.Cl. The summed E-state index contributed by atoms with van der Waals surface area (Å²) >= 11 is 0. The molecule has 0 aliphatic carbocycles. The molecule has 0 aromatic rings. The first-order chi connectivity index (χ1) is 7.33. The Labute approximate surface area is 112 Å². The molecule has 1 saturated heterocycles. The molecule has 1 aliphatic rings. The van der Waals surface area contributed by atoms with Crippen molar-refractivity contribution in [3.8, 4) is 0 Å². The van der Waals surface area contributed by atoms with Crippen LogP contribution < -0.4 is 5.73 Å². The zero-order valence-electron chi connectivity index (χ0n) is 11.5. The molecule has 1 rings (SSSR count). The van der Waals surface area contributed by atoms with Gasteiger partial charge in [-0.15, -0.1) is 12.4 Å². The van der Waals surface area contributed by atoms with Crippen LogP contribution in [-0.2, 0) is 4.79 Å². The van der Waals surface area contributed by atoms with Gasteiger partial charge >= 0.3 is 0 Å². The van der Waals surface area contributed by atoms with Gasteiger partial charge < -0.3 is 10.6 Å². The summed E-state index contributed by atoms with van der Waals surface area (Å²) in [6, 6.07) is 0.174. The Hall–Kier alpha value is -0.280. The first-order valence-corrected chi connectivity index (χ1v) is 6.38. The van der Waals surface area contributed by atoms with Crippen LogP contribution in [0.15, 0.2) is 0 Å². The van der Waals surface area contributed by atoms with Crippen LogP contribution in [0.1, 0.15) is 47.0 Å². The third-order valence-corrected chi connectivity index (χ3v) is 3.24. The summed E-state index contributed by atoms with van der Waals surface area (Å²) in [7, 11) is 0. The smallest absolute Gasteiger partial charge is 0.228 e. The van der Waals surface area contributed by atoms with Crippen molar-refractivity contribution in [3.63, 3.8) is 0 Å². The molecule has 0 radical (unpaired) electrons. The molecule has 102 valence electrons. The van der Waals surface area contributed by atoms with Crippen LogP contribution in [0, 0.1) is 11.3 Å². The van der Waals surface area contributed by atoms with Gasteiger partial charge in [-0.05, 0) is 25.2 Å². The lowest BCUT2D eigenvalue weighted by Gasteiger charge is -2.37. The number of nitrogens with two attached hydrogens (primary N) is 1. The highest BCUT2D eigenvalue weighted by Gasteiger charge is 2.34. The molecule has 1 unspecified atom stereocenters. The van der Waals surface area contributed by atoms with Gasteiger partial charge in [0, 0.05) is 24.5 Å². The Balaban J connectivity index is 0.00000256. The van der Waals surface area contributed by atoms with Crippen molar-refractivity contribution in [2.24, 2.45) is 17.1 Å². The molecule has 0 spiro atoms. The number of nitrogens with zero attached hydrogens (tertiary/aromatic N) is 1. The number of halogens is 1. The van der Waals surface area contributed by atoms with E-state index in [2.05, 4.69) is 27.7 Å². The number of hydrogen-bond acceptors (Lipinski definition) is 2.